The van der Waals surface area contributed by atoms with E-state index in [1.54, 1.807) is 24.3 Å². The Kier molecular flexibility index (Phi) is 7.93. The highest BCUT2D eigenvalue weighted by Crippen LogP contribution is 2.27. The van der Waals surface area contributed by atoms with Crippen LogP contribution in [0.25, 0.3) is 0 Å². The lowest BCUT2D eigenvalue weighted by molar-refractivity contribution is -0.114. The fraction of sp³-hybridized carbons (Fsp3) is 0.174. The van der Waals surface area contributed by atoms with Crippen LogP contribution in [0.2, 0.25) is 0 Å². The first-order chi connectivity index (χ1) is 15.7. The standard InChI is InChI=1S/C23H22F2N2O4S2/c1-3-31-18-7-5-17(6-8-18)27(33(29,30)20-11-9-19(32-2)10-12-20)15-23(28)26-16-4-13-21(24)22(25)14-16/h4-14H,3,15H2,1-2H3,(H,26,28). The Morgan fingerprint density at radius 2 is 1.67 bits per heavy atom. The van der Waals surface area contributed by atoms with Crippen LogP contribution in [0.3, 0.4) is 0 Å². The van der Waals surface area contributed by atoms with Gasteiger partial charge >= 0.3 is 0 Å². The van der Waals surface area contributed by atoms with Gasteiger partial charge in [-0.25, -0.2) is 17.2 Å². The Hall–Kier alpha value is -3.11. The Labute approximate surface area is 195 Å². The first-order valence-corrected chi connectivity index (χ1v) is 12.6. The summed E-state index contributed by atoms with van der Waals surface area (Å²) in [6.07, 6.45) is 1.87. The number of ether oxygens (including phenoxy) is 1. The molecule has 0 saturated heterocycles. The highest BCUT2D eigenvalue weighted by Gasteiger charge is 2.27. The highest BCUT2D eigenvalue weighted by molar-refractivity contribution is 7.98. The zero-order valence-corrected chi connectivity index (χ0v) is 19.6. The average molecular weight is 493 g/mol. The van der Waals surface area contributed by atoms with Gasteiger partial charge in [0.15, 0.2) is 11.6 Å². The molecular formula is C23H22F2N2O4S2. The van der Waals surface area contributed by atoms with Crippen molar-refractivity contribution >= 4 is 39.1 Å². The van der Waals surface area contributed by atoms with Crippen LogP contribution in [0.5, 0.6) is 5.75 Å². The first kappa shape index (κ1) is 24.5. The predicted octanol–water partition coefficient (Wildman–Crippen LogP) is 4.92. The Bertz CT molecular complexity index is 1220. The minimum absolute atomic E-state index is 0.00673. The Morgan fingerprint density at radius 3 is 2.24 bits per heavy atom. The van der Waals surface area contributed by atoms with Crippen molar-refractivity contribution in [2.24, 2.45) is 0 Å². The minimum Gasteiger partial charge on any atom is -0.494 e. The molecule has 0 radical (unpaired) electrons. The fourth-order valence-corrected chi connectivity index (χ4v) is 4.80. The van der Waals surface area contributed by atoms with Crippen LogP contribution in [-0.2, 0) is 14.8 Å². The molecule has 0 fully saturated rings. The molecule has 33 heavy (non-hydrogen) atoms. The molecule has 3 aromatic carbocycles. The Morgan fingerprint density at radius 1 is 1.00 bits per heavy atom. The number of benzene rings is 3. The highest BCUT2D eigenvalue weighted by atomic mass is 32.2. The summed E-state index contributed by atoms with van der Waals surface area (Å²) < 4.78 is 59.9. The van der Waals surface area contributed by atoms with E-state index in [0.717, 1.165) is 21.3 Å². The molecule has 0 aliphatic carbocycles. The summed E-state index contributed by atoms with van der Waals surface area (Å²) >= 11 is 1.47. The van der Waals surface area contributed by atoms with Gasteiger partial charge in [-0.1, -0.05) is 0 Å². The van der Waals surface area contributed by atoms with E-state index in [4.69, 9.17) is 4.74 Å². The summed E-state index contributed by atoms with van der Waals surface area (Å²) in [4.78, 5) is 13.6. The maximum Gasteiger partial charge on any atom is 0.264 e. The summed E-state index contributed by atoms with van der Waals surface area (Å²) in [7, 11) is -4.12. The normalized spacial score (nSPS) is 11.2. The number of anilines is 2. The summed E-state index contributed by atoms with van der Waals surface area (Å²) in [5.41, 5.74) is 0.250. The van der Waals surface area contributed by atoms with E-state index in [1.807, 2.05) is 13.2 Å². The largest absolute Gasteiger partial charge is 0.494 e. The number of nitrogens with zero attached hydrogens (tertiary/aromatic N) is 1. The smallest absolute Gasteiger partial charge is 0.264 e. The van der Waals surface area contributed by atoms with Gasteiger partial charge in [-0.2, -0.15) is 0 Å². The summed E-state index contributed by atoms with van der Waals surface area (Å²) in [6.45, 7) is 1.69. The second kappa shape index (κ2) is 10.7. The maximum atomic E-state index is 13.5. The number of hydrogen-bond acceptors (Lipinski definition) is 5. The third-order valence-electron chi connectivity index (χ3n) is 4.57. The van der Waals surface area contributed by atoms with Crippen LogP contribution in [0.15, 0.2) is 76.5 Å². The summed E-state index contributed by atoms with van der Waals surface area (Å²) in [6, 6.07) is 15.4. The average Bonchev–Trinajstić information content (AvgIpc) is 2.81. The van der Waals surface area contributed by atoms with Gasteiger partial charge < -0.3 is 10.1 Å². The number of thioether (sulfide) groups is 1. The second-order valence-electron chi connectivity index (χ2n) is 6.79. The molecule has 0 aromatic heterocycles. The number of amides is 1. The third kappa shape index (κ3) is 6.02. The van der Waals surface area contributed by atoms with Crippen molar-refractivity contribution in [2.75, 3.05) is 29.0 Å². The van der Waals surface area contributed by atoms with Crippen molar-refractivity contribution in [3.05, 3.63) is 78.4 Å². The molecule has 10 heteroatoms. The van der Waals surface area contributed by atoms with Crippen LogP contribution < -0.4 is 14.4 Å². The van der Waals surface area contributed by atoms with Crippen molar-refractivity contribution in [3.8, 4) is 5.75 Å². The number of hydrogen-bond donors (Lipinski definition) is 1. The summed E-state index contributed by atoms with van der Waals surface area (Å²) in [5, 5.41) is 2.40. The lowest BCUT2D eigenvalue weighted by Crippen LogP contribution is -2.38. The van der Waals surface area contributed by atoms with Crippen LogP contribution in [0, 0.1) is 11.6 Å². The molecule has 0 aliphatic heterocycles. The van der Waals surface area contributed by atoms with Crippen molar-refractivity contribution in [2.45, 2.75) is 16.7 Å². The lowest BCUT2D eigenvalue weighted by atomic mass is 10.3. The molecule has 0 heterocycles. The number of carbonyl (C=O) groups excluding carboxylic acids is 1. The quantitative estimate of drug-likeness (QED) is 0.429. The van der Waals surface area contributed by atoms with Gasteiger partial charge in [0.25, 0.3) is 10.0 Å². The zero-order chi connectivity index (χ0) is 24.0. The second-order valence-corrected chi connectivity index (χ2v) is 9.53. The zero-order valence-electron chi connectivity index (χ0n) is 17.9. The molecule has 0 bridgehead atoms. The SMILES string of the molecule is CCOc1ccc(N(CC(=O)Nc2ccc(F)c(F)c2)S(=O)(=O)c2ccc(SC)cc2)cc1. The van der Waals surface area contributed by atoms with E-state index >= 15 is 0 Å². The van der Waals surface area contributed by atoms with E-state index < -0.39 is 34.1 Å². The van der Waals surface area contributed by atoms with Crippen molar-refractivity contribution < 1.29 is 26.7 Å². The Balaban J connectivity index is 1.93. The molecule has 0 atom stereocenters. The van der Waals surface area contributed by atoms with E-state index in [0.29, 0.717) is 12.4 Å². The molecule has 1 N–H and O–H groups in total. The van der Waals surface area contributed by atoms with Gasteiger partial charge in [-0.05, 0) is 73.8 Å². The van der Waals surface area contributed by atoms with Gasteiger partial charge in [0, 0.05) is 16.6 Å². The number of rotatable bonds is 9. The maximum absolute atomic E-state index is 13.5. The number of halogens is 2. The first-order valence-electron chi connectivity index (χ1n) is 9.89. The molecule has 0 unspecified atom stereocenters. The molecular weight excluding hydrogens is 470 g/mol. The predicted molar refractivity (Wildman–Crippen MR) is 125 cm³/mol. The fourth-order valence-electron chi connectivity index (χ4n) is 2.97. The van der Waals surface area contributed by atoms with Crippen LogP contribution in [-0.4, -0.2) is 33.7 Å². The van der Waals surface area contributed by atoms with Crippen LogP contribution >= 0.6 is 11.8 Å². The van der Waals surface area contributed by atoms with Crippen LogP contribution in [0.1, 0.15) is 6.92 Å². The molecule has 3 aromatic rings. The lowest BCUT2D eigenvalue weighted by Gasteiger charge is -2.24. The van der Waals surface area contributed by atoms with Gasteiger partial charge in [-0.15, -0.1) is 11.8 Å². The molecule has 3 rings (SSSR count). The molecule has 174 valence electrons. The molecule has 0 aliphatic rings. The number of carbonyl (C=O) groups is 1. The van der Waals surface area contributed by atoms with Crippen LogP contribution in [0.4, 0.5) is 20.2 Å². The number of nitrogens with one attached hydrogen (secondary N) is 1. The molecule has 0 saturated carbocycles. The van der Waals surface area contributed by atoms with Crippen molar-refractivity contribution in [1.29, 1.82) is 0 Å². The van der Waals surface area contributed by atoms with Crippen molar-refractivity contribution in [3.63, 3.8) is 0 Å². The third-order valence-corrected chi connectivity index (χ3v) is 7.11. The van der Waals surface area contributed by atoms with E-state index in [2.05, 4.69) is 5.32 Å². The molecule has 1 amide bonds. The van der Waals surface area contributed by atoms with E-state index in [9.17, 15) is 22.0 Å². The van der Waals surface area contributed by atoms with Gasteiger partial charge in [0.2, 0.25) is 5.91 Å². The van der Waals surface area contributed by atoms with E-state index in [-0.39, 0.29) is 16.3 Å². The van der Waals surface area contributed by atoms with E-state index in [1.165, 1.54) is 42.1 Å². The molecule has 0 spiro atoms. The monoisotopic (exact) mass is 492 g/mol. The van der Waals surface area contributed by atoms with Gasteiger partial charge in [0.1, 0.15) is 12.3 Å². The topological polar surface area (TPSA) is 75.7 Å². The molecule has 6 nitrogen and oxygen atoms in total. The van der Waals surface area contributed by atoms with Gasteiger partial charge in [-0.3, -0.25) is 9.10 Å². The summed E-state index contributed by atoms with van der Waals surface area (Å²) in [5.74, 6) is -2.36. The van der Waals surface area contributed by atoms with Gasteiger partial charge in [0.05, 0.1) is 17.2 Å². The minimum atomic E-state index is -4.12. The van der Waals surface area contributed by atoms with Crippen molar-refractivity contribution in [1.82, 2.24) is 0 Å². The number of sulfonamides is 1.